The third-order valence-electron chi connectivity index (χ3n) is 3.95. The molecule has 0 spiro atoms. The highest BCUT2D eigenvalue weighted by atomic mass is 32.1. The first-order valence-corrected chi connectivity index (χ1v) is 7.55. The quantitative estimate of drug-likeness (QED) is 0.755. The summed E-state index contributed by atoms with van der Waals surface area (Å²) in [5, 5.41) is 17.1. The number of hydrogen-bond acceptors (Lipinski definition) is 4. The van der Waals surface area contributed by atoms with Crippen molar-refractivity contribution in [3.8, 4) is 5.75 Å². The minimum absolute atomic E-state index is 0.0357. The average molecular weight is 286 g/mol. The van der Waals surface area contributed by atoms with Crippen molar-refractivity contribution in [1.29, 1.82) is 0 Å². The van der Waals surface area contributed by atoms with Crippen molar-refractivity contribution >= 4 is 22.2 Å². The number of aryl methyl sites for hydroxylation is 1. The topological polar surface area (TPSA) is 61.4 Å². The first-order chi connectivity index (χ1) is 9.74. The monoisotopic (exact) mass is 286 g/mol. The summed E-state index contributed by atoms with van der Waals surface area (Å²) in [7, 11) is 0. The lowest BCUT2D eigenvalue weighted by molar-refractivity contribution is 0.0935. The van der Waals surface area contributed by atoms with Crippen molar-refractivity contribution in [2.45, 2.75) is 25.4 Å². The number of para-hydroxylation sites is 1. The van der Waals surface area contributed by atoms with E-state index in [0.29, 0.717) is 5.56 Å². The first kappa shape index (κ1) is 11.8. The van der Waals surface area contributed by atoms with Gasteiger partial charge in [0.1, 0.15) is 16.9 Å². The maximum Gasteiger partial charge on any atom is 0.256 e. The van der Waals surface area contributed by atoms with Gasteiger partial charge in [-0.3, -0.25) is 4.79 Å². The van der Waals surface area contributed by atoms with Crippen LogP contribution >= 0.6 is 11.3 Å². The second-order valence-electron chi connectivity index (χ2n) is 5.17. The molecule has 0 saturated carbocycles. The van der Waals surface area contributed by atoms with E-state index in [0.717, 1.165) is 29.8 Å². The summed E-state index contributed by atoms with van der Waals surface area (Å²) in [6.07, 6.45) is 2.85. The molecule has 5 heteroatoms. The zero-order valence-electron chi connectivity index (χ0n) is 10.8. The molecule has 0 fully saturated rings. The Morgan fingerprint density at radius 2 is 2.05 bits per heavy atom. The van der Waals surface area contributed by atoms with Crippen LogP contribution in [0.4, 0.5) is 5.00 Å². The number of rotatable bonds is 1. The Kier molecular flexibility index (Phi) is 2.50. The number of anilines is 1. The van der Waals surface area contributed by atoms with E-state index in [1.165, 1.54) is 10.4 Å². The molecule has 0 bridgehead atoms. The van der Waals surface area contributed by atoms with Crippen LogP contribution in [0.25, 0.3) is 0 Å². The number of nitrogens with one attached hydrogen (secondary N) is 2. The second kappa shape index (κ2) is 4.24. The van der Waals surface area contributed by atoms with E-state index >= 15 is 0 Å². The van der Waals surface area contributed by atoms with E-state index in [1.807, 2.05) is 12.1 Å². The Morgan fingerprint density at radius 1 is 1.20 bits per heavy atom. The lowest BCUT2D eigenvalue weighted by Gasteiger charge is -2.27. The molecule has 2 heterocycles. The van der Waals surface area contributed by atoms with Crippen LogP contribution in [0.3, 0.4) is 0 Å². The second-order valence-corrected chi connectivity index (χ2v) is 6.28. The van der Waals surface area contributed by atoms with Crippen LogP contribution < -0.4 is 10.6 Å². The smallest absolute Gasteiger partial charge is 0.256 e. The number of fused-ring (bicyclic) bond motifs is 3. The molecule has 4 rings (SSSR count). The number of benzene rings is 1. The van der Waals surface area contributed by atoms with E-state index in [1.54, 1.807) is 23.5 Å². The molecule has 1 amide bonds. The fraction of sp³-hybridized carbons (Fsp3) is 0.267. The standard InChI is InChI=1S/C15H14N2O2S/c18-10-6-2-1-4-8(10)13-16-14(19)12-9-5-3-7-11(9)20-15(12)17-13/h1-2,4,6,13,17-18H,3,5,7H2,(H,16,19)/t13-/m0/s1. The lowest BCUT2D eigenvalue weighted by Crippen LogP contribution is -2.38. The Hall–Kier alpha value is -2.01. The van der Waals surface area contributed by atoms with Gasteiger partial charge in [0.05, 0.1) is 5.56 Å². The van der Waals surface area contributed by atoms with Crippen LogP contribution in [0.5, 0.6) is 5.75 Å². The van der Waals surface area contributed by atoms with Gasteiger partial charge in [-0.25, -0.2) is 0 Å². The molecule has 1 atom stereocenters. The Balaban J connectivity index is 1.75. The van der Waals surface area contributed by atoms with Gasteiger partial charge in [0.25, 0.3) is 5.91 Å². The van der Waals surface area contributed by atoms with Gasteiger partial charge in [-0.15, -0.1) is 11.3 Å². The highest BCUT2D eigenvalue weighted by Crippen LogP contribution is 2.42. The van der Waals surface area contributed by atoms with Gasteiger partial charge in [0.15, 0.2) is 0 Å². The normalized spacial score (nSPS) is 20.0. The van der Waals surface area contributed by atoms with Crippen molar-refractivity contribution in [3.05, 3.63) is 45.8 Å². The molecule has 2 aromatic rings. The minimum atomic E-state index is -0.366. The van der Waals surface area contributed by atoms with Gasteiger partial charge in [-0.2, -0.15) is 0 Å². The lowest BCUT2D eigenvalue weighted by atomic mass is 10.1. The molecular formula is C15H14N2O2S. The van der Waals surface area contributed by atoms with E-state index in [9.17, 15) is 9.90 Å². The van der Waals surface area contributed by atoms with Gasteiger partial charge in [0, 0.05) is 10.4 Å². The summed E-state index contributed by atoms with van der Waals surface area (Å²) in [5.74, 6) is 0.157. The number of carbonyl (C=O) groups is 1. The van der Waals surface area contributed by atoms with Crippen LogP contribution in [0, 0.1) is 0 Å². The molecule has 2 aliphatic rings. The number of carbonyl (C=O) groups excluding carboxylic acids is 1. The van der Waals surface area contributed by atoms with Crippen LogP contribution in [0.15, 0.2) is 24.3 Å². The van der Waals surface area contributed by atoms with Crippen molar-refractivity contribution < 1.29 is 9.90 Å². The van der Waals surface area contributed by atoms with Crippen molar-refractivity contribution in [2.24, 2.45) is 0 Å². The van der Waals surface area contributed by atoms with Crippen LogP contribution in [-0.2, 0) is 12.8 Å². The first-order valence-electron chi connectivity index (χ1n) is 6.74. The number of phenols is 1. The molecule has 20 heavy (non-hydrogen) atoms. The highest BCUT2D eigenvalue weighted by Gasteiger charge is 2.33. The zero-order valence-corrected chi connectivity index (χ0v) is 11.6. The molecule has 1 aromatic carbocycles. The van der Waals surface area contributed by atoms with Gasteiger partial charge >= 0.3 is 0 Å². The molecule has 0 saturated heterocycles. The van der Waals surface area contributed by atoms with Crippen LogP contribution in [-0.4, -0.2) is 11.0 Å². The average Bonchev–Trinajstić information content (AvgIpc) is 2.98. The van der Waals surface area contributed by atoms with Crippen molar-refractivity contribution in [2.75, 3.05) is 5.32 Å². The Bertz CT molecular complexity index is 708. The van der Waals surface area contributed by atoms with E-state index in [4.69, 9.17) is 0 Å². The number of thiophene rings is 1. The third kappa shape index (κ3) is 1.63. The zero-order chi connectivity index (χ0) is 13.7. The fourth-order valence-corrected chi connectivity index (χ4v) is 4.32. The summed E-state index contributed by atoms with van der Waals surface area (Å²) in [6, 6.07) is 7.08. The van der Waals surface area contributed by atoms with E-state index in [-0.39, 0.29) is 17.8 Å². The summed E-state index contributed by atoms with van der Waals surface area (Å²) in [4.78, 5) is 13.7. The maximum atomic E-state index is 12.4. The Morgan fingerprint density at radius 3 is 2.90 bits per heavy atom. The van der Waals surface area contributed by atoms with Gasteiger partial charge in [0.2, 0.25) is 0 Å². The van der Waals surface area contributed by atoms with Crippen LogP contribution in [0.1, 0.15) is 38.9 Å². The number of hydrogen-bond donors (Lipinski definition) is 3. The predicted octanol–water partition coefficient (Wildman–Crippen LogP) is 2.80. The molecular weight excluding hydrogens is 272 g/mol. The maximum absolute atomic E-state index is 12.4. The van der Waals surface area contributed by atoms with E-state index < -0.39 is 0 Å². The predicted molar refractivity (Wildman–Crippen MR) is 78.3 cm³/mol. The SMILES string of the molecule is O=C1N[C@H](c2ccccc2O)Nc2sc3c(c21)CCC3. The molecule has 1 aromatic heterocycles. The number of aromatic hydroxyl groups is 1. The van der Waals surface area contributed by atoms with Crippen molar-refractivity contribution in [3.63, 3.8) is 0 Å². The van der Waals surface area contributed by atoms with E-state index in [2.05, 4.69) is 10.6 Å². The number of amides is 1. The molecule has 102 valence electrons. The van der Waals surface area contributed by atoms with Gasteiger partial charge < -0.3 is 15.7 Å². The van der Waals surface area contributed by atoms with Gasteiger partial charge in [-0.05, 0) is 30.9 Å². The van der Waals surface area contributed by atoms with Gasteiger partial charge in [-0.1, -0.05) is 18.2 Å². The molecule has 0 radical (unpaired) electrons. The minimum Gasteiger partial charge on any atom is -0.508 e. The third-order valence-corrected chi connectivity index (χ3v) is 5.17. The van der Waals surface area contributed by atoms with Crippen LogP contribution in [0.2, 0.25) is 0 Å². The summed E-state index contributed by atoms with van der Waals surface area (Å²) in [6.45, 7) is 0. The molecule has 0 unspecified atom stereocenters. The fourth-order valence-electron chi connectivity index (χ4n) is 3.00. The molecule has 4 nitrogen and oxygen atoms in total. The van der Waals surface area contributed by atoms with Crippen molar-refractivity contribution in [1.82, 2.24) is 5.32 Å². The summed E-state index contributed by atoms with van der Waals surface area (Å²) < 4.78 is 0. The molecule has 3 N–H and O–H groups in total. The number of phenolic OH excluding ortho intramolecular Hbond substituents is 1. The molecule has 1 aliphatic carbocycles. The summed E-state index contributed by atoms with van der Waals surface area (Å²) in [5.41, 5.74) is 2.72. The molecule has 1 aliphatic heterocycles. The summed E-state index contributed by atoms with van der Waals surface area (Å²) >= 11 is 1.68. The highest BCUT2D eigenvalue weighted by molar-refractivity contribution is 7.16. The largest absolute Gasteiger partial charge is 0.508 e. The Labute approximate surface area is 120 Å².